The van der Waals surface area contributed by atoms with Gasteiger partial charge in [-0.3, -0.25) is 4.90 Å². The van der Waals surface area contributed by atoms with Crippen LogP contribution in [-0.4, -0.2) is 23.5 Å². The van der Waals surface area contributed by atoms with E-state index >= 15 is 0 Å². The van der Waals surface area contributed by atoms with E-state index in [0.717, 1.165) is 17.4 Å². The van der Waals surface area contributed by atoms with Crippen LogP contribution in [0.2, 0.25) is 0 Å². The normalized spacial score (nSPS) is 26.3. The van der Waals surface area contributed by atoms with Crippen molar-refractivity contribution in [2.75, 3.05) is 6.54 Å². The minimum Gasteiger partial charge on any atom is -0.329 e. The lowest BCUT2D eigenvalue weighted by Crippen LogP contribution is -2.50. The predicted molar refractivity (Wildman–Crippen MR) is 85.2 cm³/mol. The van der Waals surface area contributed by atoms with Crippen molar-refractivity contribution in [3.8, 4) is 0 Å². The molecule has 1 saturated heterocycles. The summed E-state index contributed by atoms with van der Waals surface area (Å²) >= 11 is 3.59. The van der Waals surface area contributed by atoms with Crippen molar-refractivity contribution in [1.82, 2.24) is 4.90 Å². The molecule has 1 fully saturated rings. The lowest BCUT2D eigenvalue weighted by Gasteiger charge is -2.45. The molecule has 106 valence electrons. The molecule has 1 aromatic rings. The van der Waals surface area contributed by atoms with E-state index in [9.17, 15) is 0 Å². The molecule has 0 saturated carbocycles. The highest BCUT2D eigenvalue weighted by atomic mass is 79.9. The van der Waals surface area contributed by atoms with Gasteiger partial charge in [0.25, 0.3) is 0 Å². The lowest BCUT2D eigenvalue weighted by molar-refractivity contribution is 0.0472. The molecule has 2 N–H and O–H groups in total. The Hall–Kier alpha value is -0.380. The van der Waals surface area contributed by atoms with Crippen LogP contribution in [0, 0.1) is 0 Å². The van der Waals surface area contributed by atoms with Crippen molar-refractivity contribution in [2.24, 2.45) is 5.73 Å². The number of hydrogen-bond acceptors (Lipinski definition) is 2. The summed E-state index contributed by atoms with van der Waals surface area (Å²) in [4.78, 5) is 2.66. The van der Waals surface area contributed by atoms with Crippen LogP contribution in [0.1, 0.15) is 51.1 Å². The zero-order valence-corrected chi connectivity index (χ0v) is 13.6. The Kier molecular flexibility index (Phi) is 5.43. The third-order valence-corrected chi connectivity index (χ3v) is 4.84. The first-order chi connectivity index (χ1) is 9.17. The first-order valence-electron chi connectivity index (χ1n) is 7.40. The zero-order valence-electron chi connectivity index (χ0n) is 12.0. The molecule has 0 aliphatic carbocycles. The van der Waals surface area contributed by atoms with Crippen molar-refractivity contribution in [2.45, 2.75) is 57.7 Å². The van der Waals surface area contributed by atoms with E-state index in [1.54, 1.807) is 0 Å². The van der Waals surface area contributed by atoms with Crippen LogP contribution in [0.15, 0.2) is 28.7 Å². The standard InChI is InChI=1S/C16H25BrN2/c1-3-16(13-7-5-8-14(17)10-13)19-12(2)6-4-9-15(19)11-18/h5,7-8,10,12,15-16H,3-4,6,9,11,18H2,1-2H3. The van der Waals surface area contributed by atoms with Crippen molar-refractivity contribution in [3.05, 3.63) is 34.3 Å². The van der Waals surface area contributed by atoms with Gasteiger partial charge in [0.05, 0.1) is 0 Å². The molecule has 1 aliphatic heterocycles. The number of benzene rings is 1. The SMILES string of the molecule is CCC(c1cccc(Br)c1)N1C(C)CCCC1CN. The largest absolute Gasteiger partial charge is 0.329 e. The number of nitrogens with two attached hydrogens (primary N) is 1. The van der Waals surface area contributed by atoms with Gasteiger partial charge in [-0.05, 0) is 43.9 Å². The van der Waals surface area contributed by atoms with Crippen LogP contribution in [0.3, 0.4) is 0 Å². The molecule has 0 aromatic heterocycles. The zero-order chi connectivity index (χ0) is 13.8. The van der Waals surface area contributed by atoms with Gasteiger partial charge >= 0.3 is 0 Å². The second kappa shape index (κ2) is 6.87. The molecule has 0 amide bonds. The molecule has 1 aliphatic rings. The molecule has 0 spiro atoms. The second-order valence-electron chi connectivity index (χ2n) is 5.60. The van der Waals surface area contributed by atoms with Gasteiger partial charge in [0.2, 0.25) is 0 Å². The molecule has 0 radical (unpaired) electrons. The number of piperidine rings is 1. The third-order valence-electron chi connectivity index (χ3n) is 4.34. The molecule has 2 nitrogen and oxygen atoms in total. The average molecular weight is 325 g/mol. The number of rotatable bonds is 4. The van der Waals surface area contributed by atoms with Crippen molar-refractivity contribution >= 4 is 15.9 Å². The van der Waals surface area contributed by atoms with E-state index in [-0.39, 0.29) is 0 Å². The molecule has 3 heteroatoms. The Morgan fingerprint density at radius 1 is 1.42 bits per heavy atom. The quantitative estimate of drug-likeness (QED) is 0.903. The fourth-order valence-electron chi connectivity index (χ4n) is 3.44. The molecule has 1 heterocycles. The van der Waals surface area contributed by atoms with Gasteiger partial charge in [-0.25, -0.2) is 0 Å². The average Bonchev–Trinajstić information content (AvgIpc) is 2.41. The van der Waals surface area contributed by atoms with Crippen molar-refractivity contribution in [3.63, 3.8) is 0 Å². The Morgan fingerprint density at radius 2 is 2.21 bits per heavy atom. The maximum atomic E-state index is 6.01. The molecular weight excluding hydrogens is 300 g/mol. The Balaban J connectivity index is 2.28. The summed E-state index contributed by atoms with van der Waals surface area (Å²) in [6, 6.07) is 10.4. The van der Waals surface area contributed by atoms with Crippen LogP contribution in [0.25, 0.3) is 0 Å². The molecule has 3 atom stereocenters. The fraction of sp³-hybridized carbons (Fsp3) is 0.625. The number of hydrogen-bond donors (Lipinski definition) is 1. The first kappa shape index (κ1) is 15.0. The summed E-state index contributed by atoms with van der Waals surface area (Å²) in [5.41, 5.74) is 7.41. The van der Waals surface area contributed by atoms with Gasteiger partial charge in [0.1, 0.15) is 0 Å². The maximum absolute atomic E-state index is 6.01. The van der Waals surface area contributed by atoms with E-state index in [0.29, 0.717) is 18.1 Å². The Morgan fingerprint density at radius 3 is 2.84 bits per heavy atom. The Labute approximate surface area is 125 Å². The van der Waals surface area contributed by atoms with E-state index in [2.05, 4.69) is 58.9 Å². The minimum absolute atomic E-state index is 0.487. The summed E-state index contributed by atoms with van der Waals surface area (Å²) in [5, 5.41) is 0. The smallest absolute Gasteiger partial charge is 0.0352 e. The van der Waals surface area contributed by atoms with Crippen molar-refractivity contribution in [1.29, 1.82) is 0 Å². The lowest BCUT2D eigenvalue weighted by atomic mass is 9.91. The predicted octanol–water partition coefficient (Wildman–Crippen LogP) is 4.10. The van der Waals surface area contributed by atoms with Crippen LogP contribution in [0.4, 0.5) is 0 Å². The molecule has 1 aromatic carbocycles. The number of halogens is 1. The van der Waals surface area contributed by atoms with Gasteiger partial charge in [-0.1, -0.05) is 41.4 Å². The summed E-state index contributed by atoms with van der Waals surface area (Å²) in [6.07, 6.45) is 4.98. The molecule has 3 unspecified atom stereocenters. The van der Waals surface area contributed by atoms with Crippen LogP contribution >= 0.6 is 15.9 Å². The molecule has 19 heavy (non-hydrogen) atoms. The van der Waals surface area contributed by atoms with Crippen LogP contribution in [-0.2, 0) is 0 Å². The van der Waals surface area contributed by atoms with Gasteiger partial charge in [0.15, 0.2) is 0 Å². The van der Waals surface area contributed by atoms with E-state index in [1.807, 2.05) is 0 Å². The summed E-state index contributed by atoms with van der Waals surface area (Å²) < 4.78 is 1.16. The molecular formula is C16H25BrN2. The Bertz CT molecular complexity index is 407. The van der Waals surface area contributed by atoms with E-state index in [1.165, 1.54) is 24.8 Å². The monoisotopic (exact) mass is 324 g/mol. The topological polar surface area (TPSA) is 29.3 Å². The minimum atomic E-state index is 0.487. The summed E-state index contributed by atoms with van der Waals surface area (Å²) in [7, 11) is 0. The summed E-state index contributed by atoms with van der Waals surface area (Å²) in [5.74, 6) is 0. The van der Waals surface area contributed by atoms with E-state index < -0.39 is 0 Å². The molecule has 2 rings (SSSR count). The van der Waals surface area contributed by atoms with Crippen molar-refractivity contribution < 1.29 is 0 Å². The number of likely N-dealkylation sites (tertiary alicyclic amines) is 1. The van der Waals surface area contributed by atoms with E-state index in [4.69, 9.17) is 5.73 Å². The first-order valence-corrected chi connectivity index (χ1v) is 8.19. The second-order valence-corrected chi connectivity index (χ2v) is 6.51. The maximum Gasteiger partial charge on any atom is 0.0352 e. The fourth-order valence-corrected chi connectivity index (χ4v) is 3.86. The van der Waals surface area contributed by atoms with Gasteiger partial charge in [-0.2, -0.15) is 0 Å². The van der Waals surface area contributed by atoms with Crippen LogP contribution < -0.4 is 5.73 Å². The van der Waals surface area contributed by atoms with Gasteiger partial charge < -0.3 is 5.73 Å². The summed E-state index contributed by atoms with van der Waals surface area (Å²) in [6.45, 7) is 5.40. The van der Waals surface area contributed by atoms with Crippen LogP contribution in [0.5, 0.6) is 0 Å². The highest BCUT2D eigenvalue weighted by Crippen LogP contribution is 2.34. The van der Waals surface area contributed by atoms with Gasteiger partial charge in [0, 0.05) is 29.1 Å². The number of nitrogens with zero attached hydrogens (tertiary/aromatic N) is 1. The molecule has 0 bridgehead atoms. The van der Waals surface area contributed by atoms with Gasteiger partial charge in [-0.15, -0.1) is 0 Å². The highest BCUT2D eigenvalue weighted by molar-refractivity contribution is 9.10. The third kappa shape index (κ3) is 3.39. The highest BCUT2D eigenvalue weighted by Gasteiger charge is 2.32.